The maximum absolute atomic E-state index is 3.81. The molecule has 76 valence electrons. The lowest BCUT2D eigenvalue weighted by Crippen LogP contribution is -2.56. The quantitative estimate of drug-likeness (QED) is 0.651. The van der Waals surface area contributed by atoms with E-state index in [1.54, 1.807) is 0 Å². The van der Waals surface area contributed by atoms with Gasteiger partial charge < -0.3 is 5.32 Å². The van der Waals surface area contributed by atoms with Gasteiger partial charge in [-0.05, 0) is 5.41 Å². The molecular weight excluding hydrogens is 160 g/mol. The molecule has 13 heavy (non-hydrogen) atoms. The lowest BCUT2D eigenvalue weighted by molar-refractivity contribution is 0.0866. The molecule has 1 rings (SSSR count). The summed E-state index contributed by atoms with van der Waals surface area (Å²) in [5, 5.41) is 3.45. The molecule has 1 atom stereocenters. The van der Waals surface area contributed by atoms with E-state index < -0.39 is 0 Å². The van der Waals surface area contributed by atoms with Crippen molar-refractivity contribution in [3.8, 4) is 0 Å². The Labute approximate surface area is 82.0 Å². The molecule has 1 heterocycles. The van der Waals surface area contributed by atoms with E-state index in [1.165, 1.54) is 0 Å². The topological polar surface area (TPSA) is 15.3 Å². The second-order valence-corrected chi connectivity index (χ2v) is 4.87. The van der Waals surface area contributed by atoms with Crippen LogP contribution in [0.2, 0.25) is 0 Å². The van der Waals surface area contributed by atoms with Gasteiger partial charge in [0.05, 0.1) is 0 Å². The normalized spacial score (nSPS) is 25.9. The summed E-state index contributed by atoms with van der Waals surface area (Å²) in [4.78, 5) is 2.52. The molecule has 0 bridgehead atoms. The summed E-state index contributed by atoms with van der Waals surface area (Å²) in [7, 11) is 0. The van der Waals surface area contributed by atoms with E-state index in [-0.39, 0.29) is 0 Å². The molecule has 2 heteroatoms. The maximum Gasteiger partial charge on any atom is 0.0272 e. The Morgan fingerprint density at radius 3 is 2.77 bits per heavy atom. The minimum Gasteiger partial charge on any atom is -0.314 e. The molecule has 0 saturated carbocycles. The number of hydrogen-bond acceptors (Lipinski definition) is 2. The first-order valence-electron chi connectivity index (χ1n) is 5.11. The Hall–Kier alpha value is -0.340. The first kappa shape index (κ1) is 10.7. The lowest BCUT2D eigenvalue weighted by Gasteiger charge is -2.43. The van der Waals surface area contributed by atoms with Gasteiger partial charge in [0.25, 0.3) is 0 Å². The third-order valence-corrected chi connectivity index (χ3v) is 2.72. The van der Waals surface area contributed by atoms with Crippen LogP contribution in [0, 0.1) is 5.41 Å². The molecule has 1 aliphatic rings. The molecule has 1 aliphatic heterocycles. The van der Waals surface area contributed by atoms with Crippen LogP contribution in [0.4, 0.5) is 0 Å². The molecule has 1 N–H and O–H groups in total. The second kappa shape index (κ2) is 4.25. The number of nitrogens with zero attached hydrogens (tertiary/aromatic N) is 1. The van der Waals surface area contributed by atoms with Crippen molar-refractivity contribution in [2.24, 2.45) is 5.41 Å². The average Bonchev–Trinajstić information content (AvgIpc) is 2.04. The SMILES string of the molecule is C=CCN1CCNCC1C(C)(C)C. The van der Waals surface area contributed by atoms with Gasteiger partial charge in [-0.15, -0.1) is 6.58 Å². The zero-order valence-electron chi connectivity index (χ0n) is 9.14. The fraction of sp³-hybridized carbons (Fsp3) is 0.818. The van der Waals surface area contributed by atoms with E-state index in [0.717, 1.165) is 26.2 Å². The van der Waals surface area contributed by atoms with Crippen LogP contribution in [-0.2, 0) is 0 Å². The Balaban J connectivity index is 2.61. The Kier molecular flexibility index (Phi) is 3.51. The first-order valence-corrected chi connectivity index (χ1v) is 5.11. The molecule has 1 fully saturated rings. The lowest BCUT2D eigenvalue weighted by atomic mass is 9.84. The summed E-state index contributed by atoms with van der Waals surface area (Å²) in [5.41, 5.74) is 0.358. The van der Waals surface area contributed by atoms with Gasteiger partial charge >= 0.3 is 0 Å². The molecule has 2 nitrogen and oxygen atoms in total. The molecule has 1 saturated heterocycles. The van der Waals surface area contributed by atoms with Crippen molar-refractivity contribution < 1.29 is 0 Å². The maximum atomic E-state index is 3.81. The monoisotopic (exact) mass is 182 g/mol. The summed E-state index contributed by atoms with van der Waals surface area (Å²) >= 11 is 0. The summed E-state index contributed by atoms with van der Waals surface area (Å²) in [6, 6.07) is 0.638. The minimum absolute atomic E-state index is 0.358. The van der Waals surface area contributed by atoms with E-state index in [1.807, 2.05) is 6.08 Å². The van der Waals surface area contributed by atoms with Crippen molar-refractivity contribution in [2.75, 3.05) is 26.2 Å². The second-order valence-electron chi connectivity index (χ2n) is 4.87. The third-order valence-electron chi connectivity index (χ3n) is 2.72. The number of hydrogen-bond donors (Lipinski definition) is 1. The van der Waals surface area contributed by atoms with Crippen LogP contribution in [0.5, 0.6) is 0 Å². The van der Waals surface area contributed by atoms with Crippen LogP contribution in [0.15, 0.2) is 12.7 Å². The van der Waals surface area contributed by atoms with Gasteiger partial charge in [0, 0.05) is 32.2 Å². The van der Waals surface area contributed by atoms with Gasteiger partial charge in [-0.2, -0.15) is 0 Å². The van der Waals surface area contributed by atoms with Crippen LogP contribution in [0.25, 0.3) is 0 Å². The fourth-order valence-corrected chi connectivity index (χ4v) is 1.98. The van der Waals surface area contributed by atoms with Crippen molar-refractivity contribution in [3.05, 3.63) is 12.7 Å². The molecular formula is C11H22N2. The predicted molar refractivity (Wildman–Crippen MR) is 57.9 cm³/mol. The molecule has 0 aromatic heterocycles. The van der Waals surface area contributed by atoms with Crippen molar-refractivity contribution in [3.63, 3.8) is 0 Å². The van der Waals surface area contributed by atoms with E-state index in [4.69, 9.17) is 0 Å². The Morgan fingerprint density at radius 1 is 1.54 bits per heavy atom. The van der Waals surface area contributed by atoms with E-state index in [0.29, 0.717) is 11.5 Å². The number of piperazine rings is 1. The van der Waals surface area contributed by atoms with Gasteiger partial charge in [0.2, 0.25) is 0 Å². The van der Waals surface area contributed by atoms with Crippen molar-refractivity contribution in [2.45, 2.75) is 26.8 Å². The molecule has 0 radical (unpaired) electrons. The molecule has 0 aromatic rings. The highest BCUT2D eigenvalue weighted by molar-refractivity contribution is 4.91. The van der Waals surface area contributed by atoms with Crippen molar-refractivity contribution in [1.29, 1.82) is 0 Å². The highest BCUT2D eigenvalue weighted by atomic mass is 15.2. The van der Waals surface area contributed by atoms with Crippen LogP contribution < -0.4 is 5.32 Å². The van der Waals surface area contributed by atoms with Gasteiger partial charge in [0.15, 0.2) is 0 Å². The van der Waals surface area contributed by atoms with Crippen molar-refractivity contribution in [1.82, 2.24) is 10.2 Å². The summed E-state index contributed by atoms with van der Waals surface area (Å²) in [6.07, 6.45) is 2.00. The van der Waals surface area contributed by atoms with E-state index >= 15 is 0 Å². The zero-order valence-corrected chi connectivity index (χ0v) is 9.14. The smallest absolute Gasteiger partial charge is 0.0272 e. The zero-order chi connectivity index (χ0) is 9.90. The summed E-state index contributed by atoms with van der Waals surface area (Å²) in [6.45, 7) is 15.1. The molecule has 0 spiro atoms. The highest BCUT2D eigenvalue weighted by Gasteiger charge is 2.31. The van der Waals surface area contributed by atoms with Gasteiger partial charge in [-0.1, -0.05) is 26.8 Å². The van der Waals surface area contributed by atoms with E-state index in [2.05, 4.69) is 37.6 Å². The number of nitrogens with one attached hydrogen (secondary N) is 1. The highest BCUT2D eigenvalue weighted by Crippen LogP contribution is 2.24. The minimum atomic E-state index is 0.358. The van der Waals surface area contributed by atoms with Gasteiger partial charge in [-0.3, -0.25) is 4.90 Å². The summed E-state index contributed by atoms with van der Waals surface area (Å²) in [5.74, 6) is 0. The molecule has 0 aliphatic carbocycles. The standard InChI is InChI=1S/C11H22N2/c1-5-7-13-8-6-12-9-10(13)11(2,3)4/h5,10,12H,1,6-9H2,2-4H3. The first-order chi connectivity index (χ1) is 6.05. The van der Waals surface area contributed by atoms with E-state index in [9.17, 15) is 0 Å². The molecule has 0 aromatic carbocycles. The fourth-order valence-electron chi connectivity index (χ4n) is 1.98. The van der Waals surface area contributed by atoms with Crippen molar-refractivity contribution >= 4 is 0 Å². The average molecular weight is 182 g/mol. The molecule has 0 amide bonds. The van der Waals surface area contributed by atoms with Crippen LogP contribution in [-0.4, -0.2) is 37.1 Å². The van der Waals surface area contributed by atoms with Gasteiger partial charge in [0.1, 0.15) is 0 Å². The Morgan fingerprint density at radius 2 is 2.23 bits per heavy atom. The van der Waals surface area contributed by atoms with Gasteiger partial charge in [-0.25, -0.2) is 0 Å². The van der Waals surface area contributed by atoms with Crippen LogP contribution >= 0.6 is 0 Å². The summed E-state index contributed by atoms with van der Waals surface area (Å²) < 4.78 is 0. The van der Waals surface area contributed by atoms with Crippen LogP contribution in [0.1, 0.15) is 20.8 Å². The van der Waals surface area contributed by atoms with Crippen LogP contribution in [0.3, 0.4) is 0 Å². The predicted octanol–water partition coefficient (Wildman–Crippen LogP) is 1.49. The Bertz CT molecular complexity index is 169. The number of rotatable bonds is 2. The third kappa shape index (κ3) is 2.82. The largest absolute Gasteiger partial charge is 0.314 e. The molecule has 1 unspecified atom stereocenters.